The Morgan fingerprint density at radius 2 is 2.29 bits per heavy atom. The molecule has 0 aliphatic rings. The van der Waals surface area contributed by atoms with Crippen LogP contribution in [0.1, 0.15) is 22.2 Å². The van der Waals surface area contributed by atoms with Crippen molar-refractivity contribution in [2.24, 2.45) is 4.99 Å². The summed E-state index contributed by atoms with van der Waals surface area (Å²) in [4.78, 5) is 17.4. The molecule has 1 aromatic heterocycles. The molecule has 0 saturated heterocycles. The van der Waals surface area contributed by atoms with Crippen LogP contribution in [0.2, 0.25) is 0 Å². The van der Waals surface area contributed by atoms with E-state index in [1.54, 1.807) is 30.4 Å². The minimum absolute atomic E-state index is 0.268. The summed E-state index contributed by atoms with van der Waals surface area (Å²) in [5.74, 6) is -0.268. The van der Waals surface area contributed by atoms with Gasteiger partial charge in [0.2, 0.25) is 0 Å². The molecule has 0 aromatic carbocycles. The minimum Gasteiger partial charge on any atom is -0.462 e. The molecule has 6 heteroatoms. The molecule has 0 saturated carbocycles. The maximum atomic E-state index is 11.7. The maximum Gasteiger partial charge on any atom is 0.348 e. The number of carbonyl (C=O) groups is 1. The molecular formula is C11H15NO2S3. The Labute approximate surface area is 114 Å². The highest BCUT2D eigenvalue weighted by molar-refractivity contribution is 8.15. The first kappa shape index (κ1) is 14.6. The quantitative estimate of drug-likeness (QED) is 0.344. The van der Waals surface area contributed by atoms with Crippen LogP contribution in [-0.2, 0) is 4.74 Å². The van der Waals surface area contributed by atoms with Gasteiger partial charge < -0.3 is 4.74 Å². The van der Waals surface area contributed by atoms with Crippen molar-refractivity contribution >= 4 is 52.5 Å². The van der Waals surface area contributed by atoms with Gasteiger partial charge in [0.15, 0.2) is 0 Å². The van der Waals surface area contributed by atoms with Gasteiger partial charge in [0, 0.05) is 9.98 Å². The second kappa shape index (κ2) is 7.08. The summed E-state index contributed by atoms with van der Waals surface area (Å²) < 4.78 is 5.02. The largest absolute Gasteiger partial charge is 0.462 e. The van der Waals surface area contributed by atoms with Crippen LogP contribution in [0.15, 0.2) is 9.89 Å². The van der Waals surface area contributed by atoms with E-state index in [0.717, 1.165) is 20.5 Å². The minimum atomic E-state index is -0.268. The first-order chi connectivity index (χ1) is 8.15. The smallest absolute Gasteiger partial charge is 0.348 e. The maximum absolute atomic E-state index is 11.7. The van der Waals surface area contributed by atoms with Crippen molar-refractivity contribution in [3.63, 3.8) is 0 Å². The molecule has 0 aliphatic heterocycles. The molecule has 0 unspecified atom stereocenters. The number of hydrogen-bond donors (Lipinski definition) is 0. The zero-order chi connectivity index (χ0) is 12.8. The molecule has 1 aromatic rings. The normalized spacial score (nSPS) is 10.3. The van der Waals surface area contributed by atoms with E-state index in [4.69, 9.17) is 4.74 Å². The number of aliphatic imine (C=N–C) groups is 1. The monoisotopic (exact) mass is 289 g/mol. The van der Waals surface area contributed by atoms with Gasteiger partial charge in [0.1, 0.15) is 9.88 Å². The molecule has 17 heavy (non-hydrogen) atoms. The zero-order valence-corrected chi connectivity index (χ0v) is 12.6. The molecule has 0 atom stereocenters. The van der Waals surface area contributed by atoms with E-state index in [9.17, 15) is 4.79 Å². The van der Waals surface area contributed by atoms with Crippen molar-refractivity contribution < 1.29 is 9.53 Å². The van der Waals surface area contributed by atoms with E-state index in [1.807, 2.05) is 13.2 Å². The van der Waals surface area contributed by atoms with Gasteiger partial charge in [-0.3, -0.25) is 4.99 Å². The fourth-order valence-corrected chi connectivity index (χ4v) is 3.98. The highest BCUT2D eigenvalue weighted by Crippen LogP contribution is 2.42. The Morgan fingerprint density at radius 3 is 2.82 bits per heavy atom. The van der Waals surface area contributed by atoms with Crippen LogP contribution >= 0.6 is 34.9 Å². The summed E-state index contributed by atoms with van der Waals surface area (Å²) in [6.07, 6.45) is 2.04. The van der Waals surface area contributed by atoms with Crippen molar-refractivity contribution in [1.29, 1.82) is 0 Å². The van der Waals surface area contributed by atoms with Crippen molar-refractivity contribution in [3.8, 4) is 0 Å². The van der Waals surface area contributed by atoms with Crippen molar-refractivity contribution in [1.82, 2.24) is 0 Å². The lowest BCUT2D eigenvalue weighted by molar-refractivity contribution is 0.0531. The fourth-order valence-electron chi connectivity index (χ4n) is 1.27. The van der Waals surface area contributed by atoms with Crippen molar-refractivity contribution in [2.75, 3.05) is 17.9 Å². The van der Waals surface area contributed by atoms with Crippen LogP contribution in [-0.4, -0.2) is 30.6 Å². The summed E-state index contributed by atoms with van der Waals surface area (Å²) in [6.45, 7) is 7.67. The van der Waals surface area contributed by atoms with E-state index in [1.165, 1.54) is 11.3 Å². The van der Waals surface area contributed by atoms with E-state index >= 15 is 0 Å². The van der Waals surface area contributed by atoms with Crippen LogP contribution in [0.3, 0.4) is 0 Å². The second-order valence-electron chi connectivity index (χ2n) is 3.12. The van der Waals surface area contributed by atoms with Crippen LogP contribution in [0, 0.1) is 6.92 Å². The predicted octanol–water partition coefficient (Wildman–Crippen LogP) is 3.98. The zero-order valence-electron chi connectivity index (χ0n) is 10.1. The molecule has 1 heterocycles. The Kier molecular flexibility index (Phi) is 6.08. The lowest BCUT2D eigenvalue weighted by atomic mass is 10.3. The van der Waals surface area contributed by atoms with E-state index in [2.05, 4.69) is 11.7 Å². The van der Waals surface area contributed by atoms with Gasteiger partial charge in [-0.2, -0.15) is 11.8 Å². The topological polar surface area (TPSA) is 38.7 Å². The first-order valence-electron chi connectivity index (χ1n) is 5.04. The van der Waals surface area contributed by atoms with Gasteiger partial charge >= 0.3 is 5.97 Å². The van der Waals surface area contributed by atoms with E-state index in [0.29, 0.717) is 11.5 Å². The lowest BCUT2D eigenvalue weighted by Crippen LogP contribution is -2.03. The SMILES string of the molecule is C=Nc1sc(C(=O)OCC)c(C)c1SCSC. The fraction of sp³-hybridized carbons (Fsp3) is 0.455. The third-order valence-corrected chi connectivity index (χ3v) is 5.53. The summed E-state index contributed by atoms with van der Waals surface area (Å²) in [7, 11) is 0. The summed E-state index contributed by atoms with van der Waals surface area (Å²) in [6, 6.07) is 0. The number of ether oxygens (including phenoxy) is 1. The van der Waals surface area contributed by atoms with Gasteiger partial charge in [-0.1, -0.05) is 0 Å². The summed E-state index contributed by atoms with van der Waals surface area (Å²) >= 11 is 4.78. The highest BCUT2D eigenvalue weighted by atomic mass is 32.2. The van der Waals surface area contributed by atoms with Gasteiger partial charge in [-0.05, 0) is 32.4 Å². The highest BCUT2D eigenvalue weighted by Gasteiger charge is 2.20. The predicted molar refractivity (Wildman–Crippen MR) is 78.5 cm³/mol. The number of hydrogen-bond acceptors (Lipinski definition) is 6. The number of thioether (sulfide) groups is 2. The molecule has 0 radical (unpaired) electrons. The summed E-state index contributed by atoms with van der Waals surface area (Å²) in [5, 5.41) is 1.74. The van der Waals surface area contributed by atoms with Crippen LogP contribution in [0.25, 0.3) is 0 Å². The Bertz CT molecular complexity index is 415. The second-order valence-corrected chi connectivity index (χ2v) is 6.34. The van der Waals surface area contributed by atoms with Crippen molar-refractivity contribution in [2.45, 2.75) is 18.7 Å². The molecule has 0 N–H and O–H groups in total. The van der Waals surface area contributed by atoms with Crippen LogP contribution in [0.5, 0.6) is 0 Å². The average molecular weight is 289 g/mol. The number of nitrogens with zero attached hydrogens (tertiary/aromatic N) is 1. The third-order valence-electron chi connectivity index (χ3n) is 2.00. The molecule has 0 spiro atoms. The van der Waals surface area contributed by atoms with E-state index in [-0.39, 0.29) is 5.97 Å². The van der Waals surface area contributed by atoms with Gasteiger partial charge in [-0.15, -0.1) is 23.1 Å². The number of esters is 1. The molecule has 0 fully saturated rings. The molecule has 1 rings (SSSR count). The average Bonchev–Trinajstić information content (AvgIpc) is 2.64. The molecule has 0 amide bonds. The molecule has 0 aliphatic carbocycles. The molecule has 3 nitrogen and oxygen atoms in total. The number of thiophene rings is 1. The molecule has 0 bridgehead atoms. The van der Waals surface area contributed by atoms with Crippen molar-refractivity contribution in [3.05, 3.63) is 10.4 Å². The Morgan fingerprint density at radius 1 is 1.59 bits per heavy atom. The Balaban J connectivity index is 3.04. The molecule has 94 valence electrons. The van der Waals surface area contributed by atoms with Gasteiger partial charge in [-0.25, -0.2) is 4.79 Å². The lowest BCUT2D eigenvalue weighted by Gasteiger charge is -2.01. The third kappa shape index (κ3) is 3.50. The van der Waals surface area contributed by atoms with Gasteiger partial charge in [0.05, 0.1) is 6.61 Å². The van der Waals surface area contributed by atoms with Gasteiger partial charge in [0.25, 0.3) is 0 Å². The van der Waals surface area contributed by atoms with Crippen LogP contribution < -0.4 is 0 Å². The standard InChI is InChI=1S/C11H15NO2S3/c1-5-14-11(13)9-7(2)8(16-6-15-4)10(12-3)17-9/h3,5-6H2,1-2,4H3. The van der Waals surface area contributed by atoms with Crippen LogP contribution in [0.4, 0.5) is 5.00 Å². The molecular weight excluding hydrogens is 274 g/mol. The number of carbonyl (C=O) groups excluding carboxylic acids is 1. The first-order valence-corrected chi connectivity index (χ1v) is 8.24. The summed E-state index contributed by atoms with van der Waals surface area (Å²) in [5.41, 5.74) is 0.954. The Hall–Kier alpha value is -0.460. The van der Waals surface area contributed by atoms with E-state index < -0.39 is 0 Å². The number of rotatable bonds is 6.